The summed E-state index contributed by atoms with van der Waals surface area (Å²) < 4.78 is 18.9. The molecule has 5 nitrogen and oxygen atoms in total. The van der Waals surface area contributed by atoms with Gasteiger partial charge in [0.05, 0.1) is 26.0 Å². The van der Waals surface area contributed by atoms with Crippen molar-refractivity contribution in [2.45, 2.75) is 12.0 Å². The van der Waals surface area contributed by atoms with E-state index in [9.17, 15) is 0 Å². The number of hydrogen-bond donors (Lipinski definition) is 0. The van der Waals surface area contributed by atoms with Crippen LogP contribution in [0, 0.1) is 0 Å². The van der Waals surface area contributed by atoms with Crippen LogP contribution in [0.25, 0.3) is 28.0 Å². The van der Waals surface area contributed by atoms with Gasteiger partial charge in [-0.15, -0.1) is 0 Å². The lowest BCUT2D eigenvalue weighted by Crippen LogP contribution is -2.37. The minimum Gasteiger partial charge on any atom is -0.495 e. The molecule has 0 spiro atoms. The normalized spacial score (nSPS) is 18.4. The first-order valence-electron chi connectivity index (χ1n) is 15.4. The van der Waals surface area contributed by atoms with Crippen molar-refractivity contribution in [1.82, 2.24) is 0 Å². The van der Waals surface area contributed by atoms with Crippen molar-refractivity contribution >= 4 is 28.2 Å². The number of methoxy groups -OCH3 is 1. The quantitative estimate of drug-likeness (QED) is 0.209. The molecule has 8 rings (SSSR count). The lowest BCUT2D eigenvalue weighted by molar-refractivity contribution is 0.122. The predicted molar refractivity (Wildman–Crippen MR) is 179 cm³/mol. The fraction of sp³-hybridized carbons (Fsp3) is 0.231. The number of benzene rings is 5. The van der Waals surface area contributed by atoms with Crippen molar-refractivity contribution < 1.29 is 14.2 Å². The van der Waals surface area contributed by atoms with E-state index in [1.54, 1.807) is 7.11 Å². The molecule has 1 unspecified atom stereocenters. The highest BCUT2D eigenvalue weighted by Gasteiger charge is 2.40. The van der Waals surface area contributed by atoms with Crippen LogP contribution in [-0.2, 0) is 16.8 Å². The summed E-state index contributed by atoms with van der Waals surface area (Å²) in [4.78, 5) is 4.51. The molecule has 0 N–H and O–H groups in total. The molecule has 3 aliphatic rings. The first-order chi connectivity index (χ1) is 21.6. The van der Waals surface area contributed by atoms with Crippen molar-refractivity contribution in [1.29, 1.82) is 0 Å². The van der Waals surface area contributed by atoms with Crippen molar-refractivity contribution in [2.75, 3.05) is 57.3 Å². The number of ether oxygens (including phenoxy) is 3. The van der Waals surface area contributed by atoms with Gasteiger partial charge in [-0.1, -0.05) is 66.7 Å². The molecule has 2 heterocycles. The van der Waals surface area contributed by atoms with Gasteiger partial charge in [0.1, 0.15) is 11.5 Å². The Bertz CT molecular complexity index is 1910. The van der Waals surface area contributed by atoms with Crippen LogP contribution >= 0.6 is 0 Å². The number of anilines is 2. The van der Waals surface area contributed by atoms with Gasteiger partial charge < -0.3 is 24.0 Å². The maximum Gasteiger partial charge on any atom is 0.178 e. The van der Waals surface area contributed by atoms with Gasteiger partial charge >= 0.3 is 0 Å². The molecule has 1 fully saturated rings. The van der Waals surface area contributed by atoms with E-state index in [2.05, 4.69) is 127 Å². The van der Waals surface area contributed by atoms with Crippen LogP contribution in [0.3, 0.4) is 0 Å². The first kappa shape index (κ1) is 26.9. The van der Waals surface area contributed by atoms with E-state index in [1.165, 1.54) is 33.3 Å². The highest BCUT2D eigenvalue weighted by molar-refractivity contribution is 6.09. The summed E-state index contributed by atoms with van der Waals surface area (Å²) in [5.74, 6) is 1.80. The molecule has 0 aromatic heterocycles. The Kier molecular flexibility index (Phi) is 6.38. The van der Waals surface area contributed by atoms with Crippen molar-refractivity contribution in [3.63, 3.8) is 0 Å². The summed E-state index contributed by atoms with van der Waals surface area (Å²) in [7, 11) is 5.88. The van der Waals surface area contributed by atoms with Crippen LogP contribution < -0.4 is 19.3 Å². The second-order valence-electron chi connectivity index (χ2n) is 12.1. The van der Waals surface area contributed by atoms with Gasteiger partial charge in [0.2, 0.25) is 0 Å². The Labute approximate surface area is 258 Å². The summed E-state index contributed by atoms with van der Waals surface area (Å²) in [6.45, 7) is 3.35. The smallest absolute Gasteiger partial charge is 0.178 e. The summed E-state index contributed by atoms with van der Waals surface area (Å²) in [6.07, 6.45) is 5.36. The van der Waals surface area contributed by atoms with Gasteiger partial charge in [0.15, 0.2) is 5.60 Å². The predicted octanol–water partition coefficient (Wildman–Crippen LogP) is 7.67. The molecular weight excluding hydrogens is 544 g/mol. The van der Waals surface area contributed by atoms with Crippen molar-refractivity contribution in [2.24, 2.45) is 0 Å². The van der Waals surface area contributed by atoms with Gasteiger partial charge in [-0.2, -0.15) is 0 Å². The molecular formula is C39H36N2O3. The first-order valence-corrected chi connectivity index (χ1v) is 15.4. The molecule has 0 saturated carbocycles. The summed E-state index contributed by atoms with van der Waals surface area (Å²) in [5.41, 5.74) is 9.93. The van der Waals surface area contributed by atoms with Gasteiger partial charge in [-0.05, 0) is 63.9 Å². The topological polar surface area (TPSA) is 34.2 Å². The molecule has 220 valence electrons. The number of morpholine rings is 1. The number of rotatable bonds is 5. The van der Waals surface area contributed by atoms with E-state index >= 15 is 0 Å². The molecule has 0 radical (unpaired) electrons. The van der Waals surface area contributed by atoms with Gasteiger partial charge in [0, 0.05) is 61.5 Å². The summed E-state index contributed by atoms with van der Waals surface area (Å²) >= 11 is 0. The second-order valence-corrected chi connectivity index (χ2v) is 12.1. The maximum absolute atomic E-state index is 7.44. The number of hydrogen-bond acceptors (Lipinski definition) is 5. The van der Waals surface area contributed by atoms with E-state index in [-0.39, 0.29) is 0 Å². The fourth-order valence-corrected chi connectivity index (χ4v) is 7.24. The van der Waals surface area contributed by atoms with E-state index in [1.807, 2.05) is 0 Å². The molecule has 0 amide bonds. The molecule has 2 aliphatic heterocycles. The zero-order chi connectivity index (χ0) is 29.8. The monoisotopic (exact) mass is 580 g/mol. The Hall–Kier alpha value is -4.74. The second kappa shape index (κ2) is 10.5. The number of fused-ring (bicyclic) bond motifs is 8. The number of nitrogens with zero attached hydrogens (tertiary/aromatic N) is 2. The largest absolute Gasteiger partial charge is 0.495 e. The van der Waals surface area contributed by atoms with Gasteiger partial charge in [-0.3, -0.25) is 0 Å². The molecule has 1 aliphatic carbocycles. The molecule has 1 atom stereocenters. The van der Waals surface area contributed by atoms with Crippen molar-refractivity contribution in [3.8, 4) is 22.6 Å². The molecule has 1 saturated heterocycles. The van der Waals surface area contributed by atoms with Crippen LogP contribution in [0.2, 0.25) is 0 Å². The van der Waals surface area contributed by atoms with Crippen LogP contribution in [-0.4, -0.2) is 47.5 Å². The minimum absolute atomic E-state index is 0.764. The van der Waals surface area contributed by atoms with Crippen LogP contribution in [0.4, 0.5) is 11.4 Å². The Morgan fingerprint density at radius 2 is 1.55 bits per heavy atom. The summed E-state index contributed by atoms with van der Waals surface area (Å²) in [5, 5.41) is 2.36. The van der Waals surface area contributed by atoms with E-state index in [0.717, 1.165) is 72.0 Å². The maximum atomic E-state index is 7.44. The van der Waals surface area contributed by atoms with Crippen LogP contribution in [0.15, 0.2) is 97.1 Å². The molecule has 5 heteroatoms. The summed E-state index contributed by atoms with van der Waals surface area (Å²) in [6, 6.07) is 32.8. The highest BCUT2D eigenvalue weighted by Crippen LogP contribution is 2.54. The molecule has 44 heavy (non-hydrogen) atoms. The van der Waals surface area contributed by atoms with Crippen LogP contribution in [0.5, 0.6) is 11.5 Å². The Balaban J connectivity index is 1.35. The molecule has 5 aromatic carbocycles. The van der Waals surface area contributed by atoms with Crippen molar-refractivity contribution in [3.05, 3.63) is 125 Å². The van der Waals surface area contributed by atoms with Gasteiger partial charge in [0.25, 0.3) is 0 Å². The average Bonchev–Trinajstić information content (AvgIpc) is 3.48. The van der Waals surface area contributed by atoms with Crippen LogP contribution in [0.1, 0.15) is 27.8 Å². The molecule has 0 bridgehead atoms. The third-order valence-electron chi connectivity index (χ3n) is 9.46. The van der Waals surface area contributed by atoms with E-state index in [0.29, 0.717) is 0 Å². The highest BCUT2D eigenvalue weighted by atomic mass is 16.5. The average molecular weight is 581 g/mol. The zero-order valence-corrected chi connectivity index (χ0v) is 25.5. The third-order valence-corrected chi connectivity index (χ3v) is 9.46. The minimum atomic E-state index is -0.776. The zero-order valence-electron chi connectivity index (χ0n) is 25.5. The molecule has 5 aromatic rings. The standard InChI is InChI=1S/C39H36N2O3/c1-40(2)35-24-33-32(25-36(35)42-3)31-17-18-39(27-10-5-4-6-11-27,28-13-15-29(16-14-28)41-19-21-43-22-20-41)44-38(31)34-23-26-9-7-8-12-30(26)37(33)34/h4-18,24-25H,19-23H2,1-3H3. The fourth-order valence-electron chi connectivity index (χ4n) is 7.24. The Morgan fingerprint density at radius 1 is 0.818 bits per heavy atom. The van der Waals surface area contributed by atoms with E-state index in [4.69, 9.17) is 14.2 Å². The lowest BCUT2D eigenvalue weighted by atomic mass is 9.82. The lowest BCUT2D eigenvalue weighted by Gasteiger charge is -2.38. The SMILES string of the molecule is COc1cc2c3c(c4c(c2cc1N(C)C)-c1ccccc1C4)OC(c1ccccc1)(c1ccc(N2CCOCC2)cc1)C=C3. The van der Waals surface area contributed by atoms with Gasteiger partial charge in [-0.25, -0.2) is 0 Å². The van der Waals surface area contributed by atoms with E-state index < -0.39 is 5.60 Å². The Morgan fingerprint density at radius 3 is 2.30 bits per heavy atom. The third kappa shape index (κ3) is 4.10.